The third-order valence-electron chi connectivity index (χ3n) is 7.48. The second-order valence-electron chi connectivity index (χ2n) is 9.75. The van der Waals surface area contributed by atoms with E-state index in [0.29, 0.717) is 37.5 Å². The first-order valence-corrected chi connectivity index (χ1v) is 12.2. The molecule has 8 nitrogen and oxygen atoms in total. The van der Waals surface area contributed by atoms with E-state index in [1.165, 1.54) is 24.3 Å². The number of anilines is 1. The van der Waals surface area contributed by atoms with E-state index < -0.39 is 11.5 Å². The lowest BCUT2D eigenvalue weighted by molar-refractivity contribution is -0.140. The van der Waals surface area contributed by atoms with Gasteiger partial charge in [-0.2, -0.15) is 0 Å². The minimum absolute atomic E-state index is 0.109. The lowest BCUT2D eigenvalue weighted by atomic mass is 9.68. The zero-order chi connectivity index (χ0) is 25.6. The first kappa shape index (κ1) is 24.1. The number of rotatable bonds is 5. The molecule has 5 rings (SSSR count). The highest BCUT2D eigenvalue weighted by molar-refractivity contribution is 5.93. The number of urea groups is 1. The minimum atomic E-state index is -0.588. The van der Waals surface area contributed by atoms with Crippen molar-refractivity contribution in [3.63, 3.8) is 0 Å². The molecule has 1 aromatic heterocycles. The summed E-state index contributed by atoms with van der Waals surface area (Å²) in [6.45, 7) is 3.07. The van der Waals surface area contributed by atoms with Crippen LogP contribution in [0.15, 0.2) is 42.5 Å². The van der Waals surface area contributed by atoms with E-state index in [-0.39, 0.29) is 24.4 Å². The van der Waals surface area contributed by atoms with Crippen LogP contribution in [-0.2, 0) is 17.3 Å². The molecule has 1 atom stereocenters. The molecule has 190 valence electrons. The molecule has 0 saturated carbocycles. The number of halogens is 1. The third kappa shape index (κ3) is 3.78. The van der Waals surface area contributed by atoms with Gasteiger partial charge in [-0.3, -0.25) is 4.79 Å². The molecule has 1 fully saturated rings. The van der Waals surface area contributed by atoms with Gasteiger partial charge in [0.2, 0.25) is 5.91 Å². The molecule has 3 amide bonds. The second kappa shape index (κ2) is 9.13. The number of hydrogen-bond donors (Lipinski definition) is 2. The van der Waals surface area contributed by atoms with Gasteiger partial charge < -0.3 is 29.5 Å². The molecule has 3 heterocycles. The number of aromatic nitrogens is 1. The monoisotopic (exact) mass is 494 g/mol. The summed E-state index contributed by atoms with van der Waals surface area (Å²) >= 11 is 0. The smallest absolute Gasteiger partial charge is 0.322 e. The van der Waals surface area contributed by atoms with Gasteiger partial charge in [-0.1, -0.05) is 6.92 Å². The number of aryl methyl sites for hydroxylation is 1. The number of hydrogen-bond acceptors (Lipinski definition) is 4. The number of ether oxygens (including phenoxy) is 1. The minimum Gasteiger partial charge on any atom is -0.497 e. The van der Waals surface area contributed by atoms with Crippen molar-refractivity contribution in [1.82, 2.24) is 14.4 Å². The first-order valence-electron chi connectivity index (χ1n) is 12.2. The summed E-state index contributed by atoms with van der Waals surface area (Å²) in [5.41, 5.74) is 2.87. The predicted molar refractivity (Wildman–Crippen MR) is 135 cm³/mol. The fourth-order valence-corrected chi connectivity index (χ4v) is 5.79. The molecule has 0 radical (unpaired) electrons. The number of nitrogens with one attached hydrogen (secondary N) is 1. The van der Waals surface area contributed by atoms with E-state index in [4.69, 9.17) is 4.74 Å². The van der Waals surface area contributed by atoms with Gasteiger partial charge in [-0.05, 0) is 48.4 Å². The molecule has 2 N–H and O–H groups in total. The number of fused-ring (bicyclic) bond motifs is 4. The number of amides is 3. The lowest BCUT2D eigenvalue weighted by Gasteiger charge is -2.56. The zero-order valence-electron chi connectivity index (χ0n) is 20.8. The molecule has 36 heavy (non-hydrogen) atoms. The summed E-state index contributed by atoms with van der Waals surface area (Å²) in [5.74, 6) is 0.438. The van der Waals surface area contributed by atoms with Crippen LogP contribution in [0.5, 0.6) is 5.75 Å². The van der Waals surface area contributed by atoms with Gasteiger partial charge in [0.25, 0.3) is 0 Å². The van der Waals surface area contributed by atoms with Crippen LogP contribution in [0.1, 0.15) is 37.1 Å². The summed E-state index contributed by atoms with van der Waals surface area (Å²) in [4.78, 5) is 29.7. The van der Waals surface area contributed by atoms with Gasteiger partial charge in [0.1, 0.15) is 11.6 Å². The highest BCUT2D eigenvalue weighted by Gasteiger charge is 2.55. The Bertz CT molecular complexity index is 1310. The fourth-order valence-electron chi connectivity index (χ4n) is 5.79. The Morgan fingerprint density at radius 2 is 1.89 bits per heavy atom. The van der Waals surface area contributed by atoms with Gasteiger partial charge in [0.05, 0.1) is 30.7 Å². The zero-order valence-corrected chi connectivity index (χ0v) is 20.8. The summed E-state index contributed by atoms with van der Waals surface area (Å²) in [7, 11) is 3.55. The van der Waals surface area contributed by atoms with E-state index in [0.717, 1.165) is 28.6 Å². The predicted octanol–water partition coefficient (Wildman–Crippen LogP) is 3.79. The molecule has 9 heteroatoms. The topological polar surface area (TPSA) is 87.0 Å². The Morgan fingerprint density at radius 1 is 1.17 bits per heavy atom. The van der Waals surface area contributed by atoms with Gasteiger partial charge in [-0.15, -0.1) is 0 Å². The lowest BCUT2D eigenvalue weighted by Crippen LogP contribution is -2.68. The number of likely N-dealkylation sites (tertiary alicyclic amines) is 1. The number of aliphatic hydroxyl groups excluding tert-OH is 1. The third-order valence-corrected chi connectivity index (χ3v) is 7.48. The summed E-state index contributed by atoms with van der Waals surface area (Å²) < 4.78 is 20.8. The molecule has 0 unspecified atom stereocenters. The van der Waals surface area contributed by atoms with Crippen molar-refractivity contribution < 1.29 is 23.8 Å². The van der Waals surface area contributed by atoms with Crippen LogP contribution in [-0.4, -0.2) is 64.8 Å². The van der Waals surface area contributed by atoms with Gasteiger partial charge in [0, 0.05) is 55.9 Å². The molecular weight excluding hydrogens is 463 g/mol. The van der Waals surface area contributed by atoms with E-state index in [9.17, 15) is 19.1 Å². The Kier molecular flexibility index (Phi) is 6.12. The number of methoxy groups -OCH3 is 1. The van der Waals surface area contributed by atoms with E-state index in [1.54, 1.807) is 12.0 Å². The number of carbonyl (C=O) groups is 2. The van der Waals surface area contributed by atoms with Crippen molar-refractivity contribution in [2.75, 3.05) is 38.7 Å². The van der Waals surface area contributed by atoms with Crippen LogP contribution in [0.4, 0.5) is 14.9 Å². The summed E-state index contributed by atoms with van der Waals surface area (Å²) in [5, 5.41) is 14.4. The average Bonchev–Trinajstić information content (AvgIpc) is 3.15. The maximum absolute atomic E-state index is 13.5. The fraction of sp³-hybridized carbons (Fsp3) is 0.407. The number of nitrogens with zero attached hydrogens (tertiary/aromatic N) is 3. The number of aliphatic hydroxyl groups is 1. The molecule has 2 aromatic carbocycles. The molecule has 0 bridgehead atoms. The van der Waals surface area contributed by atoms with Crippen molar-refractivity contribution in [2.24, 2.45) is 7.05 Å². The van der Waals surface area contributed by atoms with E-state index in [1.807, 2.05) is 41.6 Å². The Labute approximate surface area is 209 Å². The molecule has 2 aliphatic rings. The van der Waals surface area contributed by atoms with Gasteiger partial charge in [0.15, 0.2) is 0 Å². The SMILES string of the molecule is CCCC(=O)N1CC2(C1)CN(C(=O)Nc1ccc(F)cc1)[C@@H](CO)c1c2c2ccc(OC)cc2n1C. The van der Waals surface area contributed by atoms with Crippen LogP contribution in [0.25, 0.3) is 10.9 Å². The van der Waals surface area contributed by atoms with Crippen molar-refractivity contribution in [3.8, 4) is 5.75 Å². The van der Waals surface area contributed by atoms with Crippen LogP contribution in [0.2, 0.25) is 0 Å². The standard InChI is InChI=1S/C27H31FN4O4/c1-4-5-23(34)31-14-27(15-31)16-32(26(35)29-18-8-6-17(28)7-9-18)22(13-33)25-24(27)20-11-10-19(36-3)12-21(20)30(25)2/h6-12,22,33H,4-5,13-16H2,1-3H3,(H,29,35)/t22-/m0/s1. The normalized spacial score (nSPS) is 18.2. The second-order valence-corrected chi connectivity index (χ2v) is 9.75. The quantitative estimate of drug-likeness (QED) is 0.565. The van der Waals surface area contributed by atoms with Crippen LogP contribution >= 0.6 is 0 Å². The van der Waals surface area contributed by atoms with Gasteiger partial charge >= 0.3 is 6.03 Å². The molecule has 0 aliphatic carbocycles. The highest BCUT2D eigenvalue weighted by atomic mass is 19.1. The molecule has 1 spiro atoms. The van der Waals surface area contributed by atoms with Crippen molar-refractivity contribution >= 4 is 28.5 Å². The van der Waals surface area contributed by atoms with E-state index >= 15 is 0 Å². The molecule has 3 aromatic rings. The van der Waals surface area contributed by atoms with Crippen LogP contribution in [0, 0.1) is 5.82 Å². The van der Waals surface area contributed by atoms with Crippen LogP contribution in [0.3, 0.4) is 0 Å². The van der Waals surface area contributed by atoms with Crippen molar-refractivity contribution in [2.45, 2.75) is 31.2 Å². The Morgan fingerprint density at radius 3 is 2.53 bits per heavy atom. The van der Waals surface area contributed by atoms with Crippen molar-refractivity contribution in [1.29, 1.82) is 0 Å². The highest BCUT2D eigenvalue weighted by Crippen LogP contribution is 2.49. The van der Waals surface area contributed by atoms with Gasteiger partial charge in [-0.25, -0.2) is 9.18 Å². The average molecular weight is 495 g/mol. The van der Waals surface area contributed by atoms with Crippen LogP contribution < -0.4 is 10.1 Å². The maximum atomic E-state index is 13.5. The number of carbonyl (C=O) groups excluding carboxylic acids is 2. The Balaban J connectivity index is 1.59. The largest absolute Gasteiger partial charge is 0.497 e. The van der Waals surface area contributed by atoms with E-state index in [2.05, 4.69) is 5.32 Å². The summed E-state index contributed by atoms with van der Waals surface area (Å²) in [6.07, 6.45) is 1.27. The molecule has 2 aliphatic heterocycles. The number of benzene rings is 2. The van der Waals surface area contributed by atoms with Crippen molar-refractivity contribution in [3.05, 3.63) is 59.5 Å². The molecular formula is C27H31FN4O4. The molecule has 1 saturated heterocycles. The first-order chi connectivity index (χ1) is 17.3. The Hall–Kier alpha value is -3.59. The summed E-state index contributed by atoms with van der Waals surface area (Å²) in [6, 6.07) is 10.5. The maximum Gasteiger partial charge on any atom is 0.322 e.